The smallest absolute Gasteiger partial charge is 0.357 e. The molecule has 2 heterocycles. The highest BCUT2D eigenvalue weighted by Gasteiger charge is 2.19. The Labute approximate surface area is 77.4 Å². The number of carboxylic acid groups (broad SMARTS) is 1. The number of hydrogen-bond donors (Lipinski definition) is 4. The van der Waals surface area contributed by atoms with Crippen molar-refractivity contribution in [1.82, 2.24) is 20.4 Å². The molecule has 0 fully saturated rings. The molecule has 0 aromatic carbocycles. The number of aromatic hydroxyl groups is 1. The largest absolute Gasteiger partial charge is 0.504 e. The summed E-state index contributed by atoms with van der Waals surface area (Å²) in [5, 5.41) is 30.1. The van der Waals surface area contributed by atoms with Gasteiger partial charge in [-0.25, -0.2) is 4.79 Å². The van der Waals surface area contributed by atoms with Gasteiger partial charge >= 0.3 is 5.97 Å². The number of carboxylic acids is 1. The van der Waals surface area contributed by atoms with E-state index < -0.39 is 5.97 Å². The van der Waals surface area contributed by atoms with E-state index in [1.165, 1.54) is 12.4 Å². The molecular weight excluding hydrogens is 188 g/mol. The minimum atomic E-state index is -1.26. The molecule has 7 nitrogen and oxygen atoms in total. The van der Waals surface area contributed by atoms with E-state index in [9.17, 15) is 9.90 Å². The number of H-pyrrole nitrogens is 2. The maximum Gasteiger partial charge on any atom is 0.357 e. The Morgan fingerprint density at radius 3 is 2.79 bits per heavy atom. The summed E-state index contributed by atoms with van der Waals surface area (Å²) in [6, 6.07) is 0. The standard InChI is InChI=1S/C7H6N4O3/c12-6-4(3-1-8-9-2-3)10-11-5(6)7(13)14/h1-2,12H,(H,8,9)(H,10,11)(H,13,14). The van der Waals surface area contributed by atoms with Crippen molar-refractivity contribution < 1.29 is 15.0 Å². The lowest BCUT2D eigenvalue weighted by atomic mass is 10.2. The molecule has 72 valence electrons. The van der Waals surface area contributed by atoms with E-state index in [0.717, 1.165) is 0 Å². The Bertz CT molecular complexity index is 459. The summed E-state index contributed by atoms with van der Waals surface area (Å²) in [6.07, 6.45) is 2.93. The first-order valence-corrected chi connectivity index (χ1v) is 3.70. The van der Waals surface area contributed by atoms with E-state index in [-0.39, 0.29) is 17.1 Å². The van der Waals surface area contributed by atoms with Gasteiger partial charge in [-0.3, -0.25) is 10.2 Å². The van der Waals surface area contributed by atoms with Crippen molar-refractivity contribution in [3.05, 3.63) is 18.1 Å². The van der Waals surface area contributed by atoms with E-state index in [1.807, 2.05) is 0 Å². The summed E-state index contributed by atoms with van der Waals surface area (Å²) in [6.45, 7) is 0. The lowest BCUT2D eigenvalue weighted by Crippen LogP contribution is -1.96. The predicted molar refractivity (Wildman–Crippen MR) is 44.8 cm³/mol. The van der Waals surface area contributed by atoms with Crippen LogP contribution in [0.15, 0.2) is 12.4 Å². The number of aromatic nitrogens is 4. The van der Waals surface area contributed by atoms with Gasteiger partial charge < -0.3 is 10.2 Å². The van der Waals surface area contributed by atoms with Crippen LogP contribution in [0, 0.1) is 0 Å². The molecule has 14 heavy (non-hydrogen) atoms. The molecule has 0 amide bonds. The minimum absolute atomic E-state index is 0.163. The fraction of sp³-hybridized carbons (Fsp3) is 0. The first-order chi connectivity index (χ1) is 6.70. The topological polar surface area (TPSA) is 115 Å². The molecular formula is C7H6N4O3. The summed E-state index contributed by atoms with van der Waals surface area (Å²) in [4.78, 5) is 10.5. The summed E-state index contributed by atoms with van der Waals surface area (Å²) in [5.74, 6) is -1.65. The van der Waals surface area contributed by atoms with Crippen LogP contribution in [0.3, 0.4) is 0 Å². The number of hydrogen-bond acceptors (Lipinski definition) is 4. The number of nitrogens with one attached hydrogen (secondary N) is 2. The van der Waals surface area contributed by atoms with E-state index >= 15 is 0 Å². The number of aromatic amines is 2. The second-order valence-corrected chi connectivity index (χ2v) is 2.59. The average Bonchev–Trinajstić information content (AvgIpc) is 2.71. The average molecular weight is 194 g/mol. The molecule has 0 aliphatic carbocycles. The van der Waals surface area contributed by atoms with Gasteiger partial charge in [0.25, 0.3) is 0 Å². The molecule has 0 radical (unpaired) electrons. The summed E-state index contributed by atoms with van der Waals surface area (Å²) < 4.78 is 0. The highest BCUT2D eigenvalue weighted by atomic mass is 16.4. The quantitative estimate of drug-likeness (QED) is 0.545. The van der Waals surface area contributed by atoms with Crippen LogP contribution in [0.4, 0.5) is 0 Å². The monoisotopic (exact) mass is 194 g/mol. The van der Waals surface area contributed by atoms with Crippen molar-refractivity contribution in [2.24, 2.45) is 0 Å². The van der Waals surface area contributed by atoms with Crippen molar-refractivity contribution in [2.45, 2.75) is 0 Å². The lowest BCUT2D eigenvalue weighted by molar-refractivity contribution is 0.0687. The second kappa shape index (κ2) is 2.87. The van der Waals surface area contributed by atoms with Crippen LogP contribution in [-0.2, 0) is 0 Å². The lowest BCUT2D eigenvalue weighted by Gasteiger charge is -1.91. The Morgan fingerprint density at radius 1 is 1.50 bits per heavy atom. The van der Waals surface area contributed by atoms with Crippen molar-refractivity contribution in [3.8, 4) is 17.0 Å². The predicted octanol–water partition coefficient (Wildman–Crippen LogP) is 0.204. The highest BCUT2D eigenvalue weighted by Crippen LogP contribution is 2.28. The van der Waals surface area contributed by atoms with Gasteiger partial charge in [0.1, 0.15) is 5.69 Å². The zero-order valence-corrected chi connectivity index (χ0v) is 6.85. The van der Waals surface area contributed by atoms with Gasteiger partial charge in [0.05, 0.1) is 6.20 Å². The first-order valence-electron chi connectivity index (χ1n) is 3.70. The van der Waals surface area contributed by atoms with E-state index in [4.69, 9.17) is 5.11 Å². The van der Waals surface area contributed by atoms with Gasteiger partial charge in [0, 0.05) is 11.8 Å². The van der Waals surface area contributed by atoms with E-state index in [2.05, 4.69) is 20.4 Å². The molecule has 0 aliphatic heterocycles. The fourth-order valence-corrected chi connectivity index (χ4v) is 1.07. The van der Waals surface area contributed by atoms with Gasteiger partial charge in [-0.1, -0.05) is 0 Å². The molecule has 0 unspecified atom stereocenters. The van der Waals surface area contributed by atoms with Crippen molar-refractivity contribution >= 4 is 5.97 Å². The molecule has 0 saturated heterocycles. The Balaban J connectivity index is 2.52. The minimum Gasteiger partial charge on any atom is -0.504 e. The molecule has 4 N–H and O–H groups in total. The molecule has 2 rings (SSSR count). The molecule has 2 aromatic heterocycles. The molecule has 0 spiro atoms. The third-order valence-electron chi connectivity index (χ3n) is 1.73. The van der Waals surface area contributed by atoms with Gasteiger partial charge in [0.15, 0.2) is 11.4 Å². The SMILES string of the molecule is O=C(O)c1[nH]nc(-c2cn[nH]c2)c1O. The Kier molecular flexibility index (Phi) is 1.70. The third-order valence-corrected chi connectivity index (χ3v) is 1.73. The first kappa shape index (κ1) is 8.30. The summed E-state index contributed by atoms with van der Waals surface area (Å²) >= 11 is 0. The highest BCUT2D eigenvalue weighted by molar-refractivity contribution is 5.91. The van der Waals surface area contributed by atoms with Gasteiger partial charge in [-0.05, 0) is 0 Å². The molecule has 0 aliphatic rings. The zero-order chi connectivity index (χ0) is 10.1. The van der Waals surface area contributed by atoms with Crippen LogP contribution >= 0.6 is 0 Å². The fourth-order valence-electron chi connectivity index (χ4n) is 1.07. The summed E-state index contributed by atoms with van der Waals surface area (Å²) in [7, 11) is 0. The third kappa shape index (κ3) is 1.11. The van der Waals surface area contributed by atoms with E-state index in [1.54, 1.807) is 0 Å². The second-order valence-electron chi connectivity index (χ2n) is 2.59. The van der Waals surface area contributed by atoms with Crippen LogP contribution in [0.1, 0.15) is 10.5 Å². The van der Waals surface area contributed by atoms with Crippen LogP contribution < -0.4 is 0 Å². The molecule has 0 saturated carbocycles. The molecule has 0 bridgehead atoms. The van der Waals surface area contributed by atoms with Crippen LogP contribution in [0.5, 0.6) is 5.75 Å². The summed E-state index contributed by atoms with van der Waals surface area (Å²) in [5.41, 5.74) is 0.351. The molecule has 2 aromatic rings. The molecule has 0 atom stereocenters. The molecule has 7 heteroatoms. The number of rotatable bonds is 2. The van der Waals surface area contributed by atoms with E-state index in [0.29, 0.717) is 5.56 Å². The number of aromatic carboxylic acids is 1. The normalized spacial score (nSPS) is 10.3. The van der Waals surface area contributed by atoms with Crippen LogP contribution in [-0.4, -0.2) is 36.6 Å². The number of nitrogens with zero attached hydrogens (tertiary/aromatic N) is 2. The Hall–Kier alpha value is -2.31. The van der Waals surface area contributed by atoms with Crippen molar-refractivity contribution in [3.63, 3.8) is 0 Å². The van der Waals surface area contributed by atoms with Crippen molar-refractivity contribution in [2.75, 3.05) is 0 Å². The maximum absolute atomic E-state index is 10.5. The zero-order valence-electron chi connectivity index (χ0n) is 6.85. The van der Waals surface area contributed by atoms with Gasteiger partial charge in [-0.15, -0.1) is 0 Å². The van der Waals surface area contributed by atoms with Gasteiger partial charge in [-0.2, -0.15) is 10.2 Å². The van der Waals surface area contributed by atoms with Crippen molar-refractivity contribution in [1.29, 1.82) is 0 Å². The maximum atomic E-state index is 10.5. The Morgan fingerprint density at radius 2 is 2.29 bits per heavy atom. The van der Waals surface area contributed by atoms with Crippen LogP contribution in [0.2, 0.25) is 0 Å². The number of carbonyl (C=O) groups is 1. The van der Waals surface area contributed by atoms with Crippen LogP contribution in [0.25, 0.3) is 11.3 Å². The van der Waals surface area contributed by atoms with Gasteiger partial charge in [0.2, 0.25) is 0 Å².